The molecule has 19 heavy (non-hydrogen) atoms. The lowest BCUT2D eigenvalue weighted by Crippen LogP contribution is -2.49. The van der Waals surface area contributed by atoms with Crippen LogP contribution < -0.4 is 19.9 Å². The maximum absolute atomic E-state index is 5.87. The highest BCUT2D eigenvalue weighted by Gasteiger charge is 2.39. The van der Waals surface area contributed by atoms with Crippen LogP contribution >= 0.6 is 0 Å². The van der Waals surface area contributed by atoms with E-state index in [1.54, 1.807) is 21.3 Å². The van der Waals surface area contributed by atoms with Gasteiger partial charge in [-0.3, -0.25) is 0 Å². The average molecular weight is 267 g/mol. The van der Waals surface area contributed by atoms with Gasteiger partial charge in [0.2, 0.25) is 0 Å². The Morgan fingerprint density at radius 2 is 1.68 bits per heavy atom. The Morgan fingerprint density at radius 3 is 2.00 bits per heavy atom. The topological polar surface area (TPSA) is 62.9 Å². The van der Waals surface area contributed by atoms with Crippen LogP contribution in [0, 0.1) is 5.41 Å². The molecular weight excluding hydrogens is 246 g/mol. The summed E-state index contributed by atoms with van der Waals surface area (Å²) in [5.41, 5.74) is 6.88. The van der Waals surface area contributed by atoms with Crippen LogP contribution in [-0.4, -0.2) is 41.1 Å². The number of nitrogens with two attached hydrogens (primary N) is 1. The molecule has 0 aromatic heterocycles. The molecular formula is C14H21NO4. The molecule has 2 N–H and O–H groups in total. The minimum atomic E-state index is -0.00481. The van der Waals surface area contributed by atoms with Gasteiger partial charge >= 0.3 is 0 Å². The van der Waals surface area contributed by atoms with Crippen LogP contribution in [-0.2, 0) is 11.2 Å². The van der Waals surface area contributed by atoms with Crippen molar-refractivity contribution in [3.63, 3.8) is 0 Å². The van der Waals surface area contributed by atoms with Gasteiger partial charge in [0.25, 0.3) is 0 Å². The van der Waals surface area contributed by atoms with Gasteiger partial charge in [0.15, 0.2) is 0 Å². The molecule has 1 fully saturated rings. The second-order valence-corrected chi connectivity index (χ2v) is 4.88. The first-order valence-corrected chi connectivity index (χ1v) is 6.25. The van der Waals surface area contributed by atoms with E-state index in [9.17, 15) is 0 Å². The van der Waals surface area contributed by atoms with Crippen molar-refractivity contribution in [2.75, 3.05) is 41.1 Å². The highest BCUT2D eigenvalue weighted by Crippen LogP contribution is 2.40. The fourth-order valence-corrected chi connectivity index (χ4v) is 2.31. The third-order valence-corrected chi connectivity index (χ3v) is 3.62. The molecule has 2 rings (SSSR count). The Kier molecular flexibility index (Phi) is 4.17. The summed E-state index contributed by atoms with van der Waals surface area (Å²) in [5, 5.41) is 0. The molecule has 1 aromatic carbocycles. The number of ether oxygens (including phenoxy) is 4. The fraction of sp³-hybridized carbons (Fsp3) is 0.571. The Bertz CT molecular complexity index is 413. The highest BCUT2D eigenvalue weighted by molar-refractivity contribution is 5.51. The Labute approximate surface area is 113 Å². The summed E-state index contributed by atoms with van der Waals surface area (Å²) in [6.45, 7) is 1.95. The van der Waals surface area contributed by atoms with Crippen molar-refractivity contribution in [3.8, 4) is 17.2 Å². The summed E-state index contributed by atoms with van der Waals surface area (Å²) in [7, 11) is 4.91. The Morgan fingerprint density at radius 1 is 1.11 bits per heavy atom. The molecule has 106 valence electrons. The monoisotopic (exact) mass is 267 g/mol. The highest BCUT2D eigenvalue weighted by atomic mass is 16.5. The van der Waals surface area contributed by atoms with Gasteiger partial charge in [-0.2, -0.15) is 0 Å². The molecule has 1 aromatic rings. The van der Waals surface area contributed by atoms with Crippen LogP contribution in [0.15, 0.2) is 12.1 Å². The summed E-state index contributed by atoms with van der Waals surface area (Å²) >= 11 is 0. The van der Waals surface area contributed by atoms with Gasteiger partial charge in [0.1, 0.15) is 17.2 Å². The van der Waals surface area contributed by atoms with Crippen LogP contribution in [0.2, 0.25) is 0 Å². The summed E-state index contributed by atoms with van der Waals surface area (Å²) in [6.07, 6.45) is 0.778. The molecule has 0 radical (unpaired) electrons. The van der Waals surface area contributed by atoms with Crippen LogP contribution in [0.1, 0.15) is 5.56 Å². The second-order valence-electron chi connectivity index (χ2n) is 4.88. The third kappa shape index (κ3) is 2.62. The van der Waals surface area contributed by atoms with E-state index in [-0.39, 0.29) is 5.41 Å². The first-order valence-electron chi connectivity index (χ1n) is 6.25. The molecule has 5 heteroatoms. The second kappa shape index (κ2) is 5.67. The average Bonchev–Trinajstić information content (AvgIpc) is 2.42. The lowest BCUT2D eigenvalue weighted by Gasteiger charge is -2.41. The van der Waals surface area contributed by atoms with E-state index >= 15 is 0 Å². The van der Waals surface area contributed by atoms with Gasteiger partial charge in [0.05, 0.1) is 34.5 Å². The molecule has 5 nitrogen and oxygen atoms in total. The first kappa shape index (κ1) is 14.0. The molecule has 1 aliphatic heterocycles. The van der Waals surface area contributed by atoms with Crippen molar-refractivity contribution < 1.29 is 18.9 Å². The van der Waals surface area contributed by atoms with Gasteiger partial charge in [-0.05, 0) is 6.42 Å². The van der Waals surface area contributed by atoms with Gasteiger partial charge in [-0.15, -0.1) is 0 Å². The van der Waals surface area contributed by atoms with Gasteiger partial charge in [-0.25, -0.2) is 0 Å². The number of methoxy groups -OCH3 is 3. The molecule has 0 saturated carbocycles. The van der Waals surface area contributed by atoms with Crippen LogP contribution in [0.3, 0.4) is 0 Å². The third-order valence-electron chi connectivity index (χ3n) is 3.62. The molecule has 1 saturated heterocycles. The minimum Gasteiger partial charge on any atom is -0.496 e. The van der Waals surface area contributed by atoms with Gasteiger partial charge < -0.3 is 24.7 Å². The zero-order valence-electron chi connectivity index (χ0n) is 11.7. The SMILES string of the molecule is COc1cc(OC)c(CC2(CN)COC2)c(OC)c1. The summed E-state index contributed by atoms with van der Waals surface area (Å²) < 4.78 is 21.4. The number of hydrogen-bond acceptors (Lipinski definition) is 5. The largest absolute Gasteiger partial charge is 0.496 e. The quantitative estimate of drug-likeness (QED) is 0.840. The predicted octanol–water partition coefficient (Wildman–Crippen LogP) is 1.23. The molecule has 1 heterocycles. The smallest absolute Gasteiger partial charge is 0.129 e. The number of hydrogen-bond donors (Lipinski definition) is 1. The van der Waals surface area contributed by atoms with E-state index < -0.39 is 0 Å². The van der Waals surface area contributed by atoms with Crippen molar-refractivity contribution in [2.45, 2.75) is 6.42 Å². The molecule has 0 bridgehead atoms. The van der Waals surface area contributed by atoms with Crippen molar-refractivity contribution in [1.29, 1.82) is 0 Å². The van der Waals surface area contributed by atoms with Gasteiger partial charge in [-0.1, -0.05) is 0 Å². The van der Waals surface area contributed by atoms with E-state index in [1.807, 2.05) is 12.1 Å². The number of rotatable bonds is 6. The summed E-state index contributed by atoms with van der Waals surface area (Å²) in [6, 6.07) is 3.73. The van der Waals surface area contributed by atoms with E-state index in [0.29, 0.717) is 25.5 Å². The lowest BCUT2D eigenvalue weighted by molar-refractivity contribution is -0.106. The van der Waals surface area contributed by atoms with Crippen LogP contribution in [0.4, 0.5) is 0 Å². The van der Waals surface area contributed by atoms with Crippen LogP contribution in [0.5, 0.6) is 17.2 Å². The van der Waals surface area contributed by atoms with E-state index in [2.05, 4.69) is 0 Å². The van der Waals surface area contributed by atoms with E-state index in [4.69, 9.17) is 24.7 Å². The molecule has 0 aliphatic carbocycles. The maximum Gasteiger partial charge on any atom is 0.129 e. The van der Waals surface area contributed by atoms with Crippen molar-refractivity contribution in [3.05, 3.63) is 17.7 Å². The number of benzene rings is 1. The first-order chi connectivity index (χ1) is 9.18. The predicted molar refractivity (Wildman–Crippen MR) is 72.1 cm³/mol. The standard InChI is InChI=1S/C14H21NO4/c1-16-10-4-12(17-2)11(13(5-10)18-3)6-14(7-15)8-19-9-14/h4-5H,6-9,15H2,1-3H3. The van der Waals surface area contributed by atoms with E-state index in [0.717, 1.165) is 23.5 Å². The minimum absolute atomic E-state index is 0.00481. The molecule has 0 amide bonds. The van der Waals surface area contributed by atoms with Crippen molar-refractivity contribution in [2.24, 2.45) is 11.1 Å². The lowest BCUT2D eigenvalue weighted by atomic mass is 9.79. The van der Waals surface area contributed by atoms with E-state index in [1.165, 1.54) is 0 Å². The molecule has 1 aliphatic rings. The van der Waals surface area contributed by atoms with Crippen molar-refractivity contribution >= 4 is 0 Å². The van der Waals surface area contributed by atoms with Crippen molar-refractivity contribution in [1.82, 2.24) is 0 Å². The Hall–Kier alpha value is -1.46. The van der Waals surface area contributed by atoms with Crippen LogP contribution in [0.25, 0.3) is 0 Å². The summed E-state index contributed by atoms with van der Waals surface area (Å²) in [5.74, 6) is 2.23. The summed E-state index contributed by atoms with van der Waals surface area (Å²) in [4.78, 5) is 0. The molecule has 0 unspecified atom stereocenters. The zero-order chi connectivity index (χ0) is 13.9. The normalized spacial score (nSPS) is 16.6. The zero-order valence-corrected chi connectivity index (χ0v) is 11.7. The fourth-order valence-electron chi connectivity index (χ4n) is 2.31. The van der Waals surface area contributed by atoms with Gasteiger partial charge in [0, 0.05) is 29.7 Å². The maximum atomic E-state index is 5.87. The molecule has 0 spiro atoms. The molecule has 0 atom stereocenters. The Balaban J connectivity index is 2.36.